The average molecular weight is 249 g/mol. The van der Waals surface area contributed by atoms with Crippen molar-refractivity contribution >= 4 is 11.9 Å². The molecule has 0 unspecified atom stereocenters. The van der Waals surface area contributed by atoms with E-state index in [0.717, 1.165) is 12.8 Å². The van der Waals surface area contributed by atoms with Crippen LogP contribution in [0, 0.1) is 0 Å². The van der Waals surface area contributed by atoms with Crippen molar-refractivity contribution in [3.63, 3.8) is 0 Å². The fraction of sp³-hybridized carbons (Fsp3) is 0.385. The molecule has 0 saturated heterocycles. The van der Waals surface area contributed by atoms with Crippen molar-refractivity contribution in [1.82, 2.24) is 4.90 Å². The van der Waals surface area contributed by atoms with E-state index < -0.39 is 5.97 Å². The molecule has 18 heavy (non-hydrogen) atoms. The van der Waals surface area contributed by atoms with Gasteiger partial charge in [0.15, 0.2) is 0 Å². The number of nitrogens with zero attached hydrogens (tertiary/aromatic N) is 1. The van der Waals surface area contributed by atoms with Crippen LogP contribution >= 0.6 is 0 Å². The first kappa shape index (κ1) is 12.4. The number of benzene rings is 1. The van der Waals surface area contributed by atoms with Crippen molar-refractivity contribution in [3.05, 3.63) is 29.3 Å². The minimum absolute atomic E-state index is 0.0906. The fourth-order valence-corrected chi connectivity index (χ4v) is 1.55. The highest BCUT2D eigenvalue weighted by Crippen LogP contribution is 2.30. The Bertz CT molecular complexity index is 492. The quantitative estimate of drug-likeness (QED) is 0.880. The molecule has 0 heterocycles. The summed E-state index contributed by atoms with van der Waals surface area (Å²) in [7, 11) is 3.30. The number of aromatic carboxylic acids is 1. The highest BCUT2D eigenvalue weighted by molar-refractivity contribution is 5.97. The Labute approximate surface area is 105 Å². The van der Waals surface area contributed by atoms with E-state index >= 15 is 0 Å². The highest BCUT2D eigenvalue weighted by Gasteiger charge is 2.26. The van der Waals surface area contributed by atoms with Crippen molar-refractivity contribution in [1.29, 1.82) is 0 Å². The predicted molar refractivity (Wildman–Crippen MR) is 65.1 cm³/mol. The van der Waals surface area contributed by atoms with Crippen molar-refractivity contribution in [3.8, 4) is 5.75 Å². The zero-order valence-electron chi connectivity index (χ0n) is 10.3. The first-order valence-electron chi connectivity index (χ1n) is 5.74. The number of hydrogen-bond donors (Lipinski definition) is 1. The first-order valence-corrected chi connectivity index (χ1v) is 5.74. The summed E-state index contributed by atoms with van der Waals surface area (Å²) < 4.78 is 5.54. The van der Waals surface area contributed by atoms with Crippen molar-refractivity contribution in [2.75, 3.05) is 14.1 Å². The van der Waals surface area contributed by atoms with Gasteiger partial charge in [0.05, 0.1) is 6.10 Å². The lowest BCUT2D eigenvalue weighted by molar-refractivity contribution is 0.0690. The van der Waals surface area contributed by atoms with E-state index in [1.165, 1.54) is 23.1 Å². The van der Waals surface area contributed by atoms with Crippen molar-refractivity contribution in [2.24, 2.45) is 0 Å². The molecule has 1 aromatic rings. The lowest BCUT2D eigenvalue weighted by Crippen LogP contribution is -2.22. The number of rotatable bonds is 4. The lowest BCUT2D eigenvalue weighted by atomic mass is 10.1. The Morgan fingerprint density at radius 1 is 1.33 bits per heavy atom. The van der Waals surface area contributed by atoms with E-state index in [9.17, 15) is 9.59 Å². The third-order valence-corrected chi connectivity index (χ3v) is 2.68. The van der Waals surface area contributed by atoms with Gasteiger partial charge in [0.2, 0.25) is 0 Å². The van der Waals surface area contributed by atoms with E-state index in [-0.39, 0.29) is 23.3 Å². The SMILES string of the molecule is CN(C)C(=O)c1ccc(C(=O)O)c(OC2CC2)c1. The Morgan fingerprint density at radius 2 is 2.00 bits per heavy atom. The van der Waals surface area contributed by atoms with Gasteiger partial charge in [-0.3, -0.25) is 4.79 Å². The lowest BCUT2D eigenvalue weighted by Gasteiger charge is -2.13. The van der Waals surface area contributed by atoms with E-state index in [0.29, 0.717) is 5.56 Å². The van der Waals surface area contributed by atoms with E-state index in [1.807, 2.05) is 0 Å². The Morgan fingerprint density at radius 3 is 2.50 bits per heavy atom. The van der Waals surface area contributed by atoms with Crippen LogP contribution in [0.2, 0.25) is 0 Å². The maximum atomic E-state index is 11.8. The number of carbonyl (C=O) groups is 2. The van der Waals surface area contributed by atoms with E-state index in [1.54, 1.807) is 14.1 Å². The van der Waals surface area contributed by atoms with Gasteiger partial charge >= 0.3 is 5.97 Å². The molecule has 1 N–H and O–H groups in total. The molecule has 96 valence electrons. The normalized spacial score (nSPS) is 14.1. The number of carbonyl (C=O) groups excluding carboxylic acids is 1. The summed E-state index contributed by atoms with van der Waals surface area (Å²) >= 11 is 0. The molecule has 0 radical (unpaired) electrons. The molecular formula is C13H15NO4. The van der Waals surface area contributed by atoms with Gasteiger partial charge in [-0.2, -0.15) is 0 Å². The van der Waals surface area contributed by atoms with Crippen LogP contribution in [0.25, 0.3) is 0 Å². The third kappa shape index (κ3) is 2.61. The van der Waals surface area contributed by atoms with Crippen LogP contribution in [-0.4, -0.2) is 42.1 Å². The van der Waals surface area contributed by atoms with Crippen LogP contribution in [0.5, 0.6) is 5.75 Å². The summed E-state index contributed by atoms with van der Waals surface area (Å²) in [6.45, 7) is 0. The summed E-state index contributed by atoms with van der Waals surface area (Å²) in [6.07, 6.45) is 1.96. The number of hydrogen-bond acceptors (Lipinski definition) is 3. The van der Waals surface area contributed by atoms with Gasteiger partial charge in [-0.05, 0) is 31.0 Å². The zero-order chi connectivity index (χ0) is 13.3. The summed E-state index contributed by atoms with van der Waals surface area (Å²) in [6, 6.07) is 4.42. The monoisotopic (exact) mass is 249 g/mol. The van der Waals surface area contributed by atoms with Gasteiger partial charge in [-0.15, -0.1) is 0 Å². The fourth-order valence-electron chi connectivity index (χ4n) is 1.55. The van der Waals surface area contributed by atoms with Crippen LogP contribution in [-0.2, 0) is 0 Å². The Balaban J connectivity index is 2.34. The number of carboxylic acid groups (broad SMARTS) is 1. The molecular weight excluding hydrogens is 234 g/mol. The largest absolute Gasteiger partial charge is 0.490 e. The molecule has 1 aliphatic rings. The average Bonchev–Trinajstić information content (AvgIpc) is 3.11. The summed E-state index contributed by atoms with van der Waals surface area (Å²) in [5, 5.41) is 9.06. The minimum atomic E-state index is -1.05. The Kier molecular flexibility index (Phi) is 3.23. The molecule has 2 rings (SSSR count). The number of ether oxygens (including phenoxy) is 1. The molecule has 5 heteroatoms. The zero-order valence-corrected chi connectivity index (χ0v) is 10.3. The molecule has 0 atom stereocenters. The molecule has 1 fully saturated rings. The van der Waals surface area contributed by atoms with E-state index in [4.69, 9.17) is 9.84 Å². The molecule has 0 aliphatic heterocycles. The molecule has 0 aromatic heterocycles. The van der Waals surface area contributed by atoms with Crippen LogP contribution < -0.4 is 4.74 Å². The van der Waals surface area contributed by atoms with Gasteiger partial charge in [-0.25, -0.2) is 4.79 Å². The molecule has 1 aromatic carbocycles. The molecule has 1 aliphatic carbocycles. The molecule has 5 nitrogen and oxygen atoms in total. The summed E-state index contributed by atoms with van der Waals surface area (Å²) in [5.41, 5.74) is 0.526. The second-order valence-electron chi connectivity index (χ2n) is 4.53. The van der Waals surface area contributed by atoms with E-state index in [2.05, 4.69) is 0 Å². The van der Waals surface area contributed by atoms with Crippen LogP contribution in [0.3, 0.4) is 0 Å². The number of carboxylic acids is 1. The van der Waals surface area contributed by atoms with Crippen LogP contribution in [0.4, 0.5) is 0 Å². The maximum absolute atomic E-state index is 11.8. The molecule has 0 bridgehead atoms. The Hall–Kier alpha value is -2.04. The molecule has 1 amide bonds. The number of amides is 1. The maximum Gasteiger partial charge on any atom is 0.339 e. The first-order chi connectivity index (χ1) is 8.49. The van der Waals surface area contributed by atoms with Gasteiger partial charge < -0.3 is 14.7 Å². The highest BCUT2D eigenvalue weighted by atomic mass is 16.5. The van der Waals surface area contributed by atoms with Crippen LogP contribution in [0.15, 0.2) is 18.2 Å². The molecule has 1 saturated carbocycles. The topological polar surface area (TPSA) is 66.8 Å². The van der Waals surface area contributed by atoms with Crippen LogP contribution in [0.1, 0.15) is 33.6 Å². The molecule has 0 spiro atoms. The predicted octanol–water partition coefficient (Wildman–Crippen LogP) is 1.63. The van der Waals surface area contributed by atoms with Gasteiger partial charge in [0.25, 0.3) is 5.91 Å². The van der Waals surface area contributed by atoms with Gasteiger partial charge in [-0.1, -0.05) is 0 Å². The third-order valence-electron chi connectivity index (χ3n) is 2.68. The van der Waals surface area contributed by atoms with Crippen molar-refractivity contribution < 1.29 is 19.4 Å². The summed E-state index contributed by atoms with van der Waals surface area (Å²) in [5.74, 6) is -0.945. The van der Waals surface area contributed by atoms with Crippen molar-refractivity contribution in [2.45, 2.75) is 18.9 Å². The summed E-state index contributed by atoms with van der Waals surface area (Å²) in [4.78, 5) is 24.3. The second-order valence-corrected chi connectivity index (χ2v) is 4.53. The minimum Gasteiger partial charge on any atom is -0.490 e. The van der Waals surface area contributed by atoms with Gasteiger partial charge in [0, 0.05) is 19.7 Å². The van der Waals surface area contributed by atoms with Gasteiger partial charge in [0.1, 0.15) is 11.3 Å². The smallest absolute Gasteiger partial charge is 0.339 e. The second kappa shape index (κ2) is 4.68. The standard InChI is InChI=1S/C13H15NO4/c1-14(2)12(15)8-3-6-10(13(16)17)11(7-8)18-9-4-5-9/h3,6-7,9H,4-5H2,1-2H3,(H,16,17).